The number of nitrogens with zero attached hydrogens (tertiary/aromatic N) is 3. The molecule has 1 aromatic carbocycles. The topological polar surface area (TPSA) is 170 Å². The first-order chi connectivity index (χ1) is 20.3. The van der Waals surface area contributed by atoms with Crippen LogP contribution in [0.4, 0.5) is 10.8 Å². The average molecular weight is 608 g/mol. The Balaban J connectivity index is 1.60. The van der Waals surface area contributed by atoms with E-state index in [0.29, 0.717) is 33.4 Å². The number of carbonyl (C=O) groups excluding carboxylic acids is 2. The van der Waals surface area contributed by atoms with Gasteiger partial charge in [0.2, 0.25) is 11.7 Å². The fourth-order valence-electron chi connectivity index (χ4n) is 4.82. The molecular weight excluding hydrogens is 578 g/mol. The molecule has 0 spiro atoms. The monoisotopic (exact) mass is 607 g/mol. The van der Waals surface area contributed by atoms with E-state index in [4.69, 9.17) is 24.7 Å². The van der Waals surface area contributed by atoms with Crippen molar-refractivity contribution in [1.29, 1.82) is 10.5 Å². The highest BCUT2D eigenvalue weighted by Gasteiger charge is 2.27. The lowest BCUT2D eigenvalue weighted by Crippen LogP contribution is -2.15. The summed E-state index contributed by atoms with van der Waals surface area (Å²) in [5.74, 6) is 0.464. The van der Waals surface area contributed by atoms with Crippen molar-refractivity contribution in [2.45, 2.75) is 37.1 Å². The van der Waals surface area contributed by atoms with Crippen molar-refractivity contribution in [3.8, 4) is 40.5 Å². The number of fused-ring (bicyclic) bond motifs is 1. The van der Waals surface area contributed by atoms with Crippen molar-refractivity contribution < 1.29 is 28.5 Å². The van der Waals surface area contributed by atoms with Gasteiger partial charge >= 0.3 is 5.97 Å². The highest BCUT2D eigenvalue weighted by Crippen LogP contribution is 2.44. The van der Waals surface area contributed by atoms with Crippen LogP contribution in [0.1, 0.15) is 51.2 Å². The zero-order chi connectivity index (χ0) is 30.4. The van der Waals surface area contributed by atoms with Gasteiger partial charge in [0.15, 0.2) is 11.5 Å². The number of pyridine rings is 1. The Kier molecular flexibility index (Phi) is 9.78. The molecule has 3 aromatic rings. The number of thiophene rings is 1. The predicted molar refractivity (Wildman–Crippen MR) is 159 cm³/mol. The van der Waals surface area contributed by atoms with Crippen LogP contribution in [-0.2, 0) is 22.4 Å². The molecule has 0 saturated heterocycles. The number of aryl methyl sites for hydroxylation is 1. The van der Waals surface area contributed by atoms with Gasteiger partial charge in [0.25, 0.3) is 0 Å². The van der Waals surface area contributed by atoms with Crippen molar-refractivity contribution in [2.75, 3.05) is 45.2 Å². The molecule has 2 aromatic heterocycles. The number of anilines is 2. The molecule has 13 heteroatoms. The Hall–Kier alpha value is -4.46. The quantitative estimate of drug-likeness (QED) is 0.236. The smallest absolute Gasteiger partial charge is 0.341 e. The molecule has 1 aliphatic carbocycles. The second-order valence-corrected chi connectivity index (χ2v) is 11.3. The van der Waals surface area contributed by atoms with E-state index in [0.717, 1.165) is 47.9 Å². The number of benzene rings is 1. The van der Waals surface area contributed by atoms with Gasteiger partial charge in [-0.05, 0) is 48.9 Å². The molecule has 0 aliphatic heterocycles. The molecule has 0 saturated carbocycles. The summed E-state index contributed by atoms with van der Waals surface area (Å²) in [4.78, 5) is 30.8. The first kappa shape index (κ1) is 30.5. The number of nitrogens with two attached hydrogens (primary N) is 1. The molecule has 218 valence electrons. The van der Waals surface area contributed by atoms with Crippen molar-refractivity contribution in [3.05, 3.63) is 39.3 Å². The summed E-state index contributed by atoms with van der Waals surface area (Å²) >= 11 is 2.58. The molecule has 0 unspecified atom stereocenters. The number of nitrogens with one attached hydrogen (secondary N) is 1. The summed E-state index contributed by atoms with van der Waals surface area (Å²) in [6.45, 7) is 0. The molecule has 11 nitrogen and oxygen atoms in total. The van der Waals surface area contributed by atoms with Gasteiger partial charge in [-0.2, -0.15) is 10.5 Å². The number of methoxy groups -OCH3 is 4. The predicted octanol–water partition coefficient (Wildman–Crippen LogP) is 4.95. The first-order valence-electron chi connectivity index (χ1n) is 12.9. The van der Waals surface area contributed by atoms with Gasteiger partial charge in [0.1, 0.15) is 33.5 Å². The van der Waals surface area contributed by atoms with Crippen LogP contribution < -0.4 is 25.3 Å². The Morgan fingerprint density at radius 1 is 1.05 bits per heavy atom. The number of hydrogen-bond acceptors (Lipinski definition) is 12. The molecule has 0 atom stereocenters. The van der Waals surface area contributed by atoms with Gasteiger partial charge in [0.05, 0.1) is 39.6 Å². The van der Waals surface area contributed by atoms with Crippen LogP contribution in [0, 0.1) is 22.7 Å². The normalized spacial score (nSPS) is 12.0. The summed E-state index contributed by atoms with van der Waals surface area (Å²) < 4.78 is 21.3. The van der Waals surface area contributed by atoms with Gasteiger partial charge < -0.3 is 30.0 Å². The maximum absolute atomic E-state index is 12.9. The van der Waals surface area contributed by atoms with Gasteiger partial charge in [-0.15, -0.1) is 23.1 Å². The van der Waals surface area contributed by atoms with Crippen LogP contribution in [0.15, 0.2) is 17.2 Å². The second-order valence-electron chi connectivity index (χ2n) is 9.12. The zero-order valence-corrected chi connectivity index (χ0v) is 25.2. The maximum Gasteiger partial charge on any atom is 0.341 e. The van der Waals surface area contributed by atoms with E-state index in [-0.39, 0.29) is 45.6 Å². The minimum atomic E-state index is -0.464. The molecule has 42 heavy (non-hydrogen) atoms. The van der Waals surface area contributed by atoms with Crippen LogP contribution in [-0.4, -0.2) is 51.1 Å². The number of ether oxygens (including phenoxy) is 4. The Bertz CT molecular complexity index is 1600. The molecule has 0 fully saturated rings. The lowest BCUT2D eigenvalue weighted by molar-refractivity contribution is -0.115. The van der Waals surface area contributed by atoms with Crippen LogP contribution in [0.5, 0.6) is 17.2 Å². The maximum atomic E-state index is 12.9. The van der Waals surface area contributed by atoms with Crippen LogP contribution >= 0.6 is 23.1 Å². The highest BCUT2D eigenvalue weighted by molar-refractivity contribution is 7.99. The molecule has 2 heterocycles. The van der Waals surface area contributed by atoms with E-state index in [2.05, 4.69) is 16.4 Å². The number of nitrogen functional groups attached to an aromatic ring is 1. The summed E-state index contributed by atoms with van der Waals surface area (Å²) in [7, 11) is 5.72. The van der Waals surface area contributed by atoms with E-state index >= 15 is 0 Å². The molecule has 0 bridgehead atoms. The van der Waals surface area contributed by atoms with E-state index in [1.54, 1.807) is 12.1 Å². The molecule has 4 rings (SSSR count). The van der Waals surface area contributed by atoms with Gasteiger partial charge in [-0.3, -0.25) is 4.79 Å². The first-order valence-corrected chi connectivity index (χ1v) is 14.7. The number of rotatable bonds is 10. The average Bonchev–Trinajstić information content (AvgIpc) is 3.37. The highest BCUT2D eigenvalue weighted by atomic mass is 32.2. The number of amides is 1. The second kappa shape index (κ2) is 13.5. The molecular formula is C29H29N5O6S2. The van der Waals surface area contributed by atoms with Gasteiger partial charge in [0, 0.05) is 22.6 Å². The fourth-order valence-corrected chi connectivity index (χ4v) is 7.05. The fraction of sp³-hybridized carbons (Fsp3) is 0.345. The molecule has 1 amide bonds. The number of carbonyl (C=O) groups is 2. The number of thioether (sulfide) groups is 1. The van der Waals surface area contributed by atoms with Crippen molar-refractivity contribution in [3.63, 3.8) is 0 Å². The van der Waals surface area contributed by atoms with Crippen molar-refractivity contribution in [2.24, 2.45) is 0 Å². The van der Waals surface area contributed by atoms with E-state index in [1.165, 1.54) is 39.8 Å². The third-order valence-electron chi connectivity index (χ3n) is 6.75. The molecule has 3 N–H and O–H groups in total. The lowest BCUT2D eigenvalue weighted by atomic mass is 9.95. The van der Waals surface area contributed by atoms with E-state index in [9.17, 15) is 20.1 Å². The van der Waals surface area contributed by atoms with Crippen molar-refractivity contribution >= 4 is 45.8 Å². The summed E-state index contributed by atoms with van der Waals surface area (Å²) in [5, 5.41) is 23.7. The SMILES string of the molecule is COC(=O)c1c(NC(=O)CCSc2nc(N)c(C#N)c(-c3cc(OC)c(OC)c(OC)c3)c2C#N)sc2c1CCCC2. The lowest BCUT2D eigenvalue weighted by Gasteiger charge is -2.17. The van der Waals surface area contributed by atoms with Gasteiger partial charge in [-0.25, -0.2) is 9.78 Å². The van der Waals surface area contributed by atoms with E-state index in [1.807, 2.05) is 6.07 Å². The Morgan fingerprint density at radius 3 is 2.31 bits per heavy atom. The minimum Gasteiger partial charge on any atom is -0.493 e. The summed E-state index contributed by atoms with van der Waals surface area (Å²) in [6, 6.07) is 7.44. The number of esters is 1. The zero-order valence-electron chi connectivity index (χ0n) is 23.6. The number of hydrogen-bond donors (Lipinski definition) is 2. The van der Waals surface area contributed by atoms with Crippen LogP contribution in [0.2, 0.25) is 0 Å². The molecule has 0 radical (unpaired) electrons. The van der Waals surface area contributed by atoms with E-state index < -0.39 is 5.97 Å². The minimum absolute atomic E-state index is 0.0277. The number of aromatic nitrogens is 1. The largest absolute Gasteiger partial charge is 0.493 e. The van der Waals surface area contributed by atoms with Crippen LogP contribution in [0.25, 0.3) is 11.1 Å². The third kappa shape index (κ3) is 5.93. The van der Waals surface area contributed by atoms with Crippen molar-refractivity contribution in [1.82, 2.24) is 4.98 Å². The third-order valence-corrected chi connectivity index (χ3v) is 8.94. The summed E-state index contributed by atoms with van der Waals surface area (Å²) in [5.41, 5.74) is 8.42. The van der Waals surface area contributed by atoms with Gasteiger partial charge in [-0.1, -0.05) is 0 Å². The Labute approximate surface area is 251 Å². The molecule has 1 aliphatic rings. The summed E-state index contributed by atoms with van der Waals surface area (Å²) in [6.07, 6.45) is 3.74. The number of nitriles is 2. The Morgan fingerprint density at radius 2 is 1.71 bits per heavy atom. The standard InChI is InChI=1S/C29H29N5O6S2/c1-37-19-11-15(12-20(38-2)25(19)39-3)23-17(13-30)26(32)34-27(18(23)14-31)41-10-9-22(35)33-28-24(29(36)40-4)16-7-5-6-8-21(16)42-28/h11-12H,5-10H2,1-4H3,(H2,32,34)(H,33,35). The van der Waals surface area contributed by atoms with Crippen LogP contribution in [0.3, 0.4) is 0 Å².